The number of thioether (sulfide) groups is 1. The highest BCUT2D eigenvalue weighted by Crippen LogP contribution is 2.23. The van der Waals surface area contributed by atoms with Gasteiger partial charge in [0.15, 0.2) is 0 Å². The zero-order valence-electron chi connectivity index (χ0n) is 13.0. The number of nitrogens with zero attached hydrogens (tertiary/aromatic N) is 2. The molecule has 0 aliphatic carbocycles. The van der Waals surface area contributed by atoms with E-state index in [1.807, 2.05) is 30.0 Å². The fourth-order valence-electron chi connectivity index (χ4n) is 2.10. The lowest BCUT2D eigenvalue weighted by Gasteiger charge is -2.16. The summed E-state index contributed by atoms with van der Waals surface area (Å²) in [5, 5.41) is 7.89. The van der Waals surface area contributed by atoms with E-state index in [9.17, 15) is 0 Å². The van der Waals surface area contributed by atoms with Crippen molar-refractivity contribution in [1.29, 1.82) is 0 Å². The molecule has 0 spiro atoms. The van der Waals surface area contributed by atoms with Crippen LogP contribution in [0.3, 0.4) is 0 Å². The molecule has 2 N–H and O–H groups in total. The van der Waals surface area contributed by atoms with Gasteiger partial charge in [-0.2, -0.15) is 16.7 Å². The van der Waals surface area contributed by atoms with Crippen LogP contribution in [0.1, 0.15) is 26.7 Å². The zero-order chi connectivity index (χ0) is 15.1. The molecule has 2 aromatic rings. The first-order valence-corrected chi connectivity index (χ1v) is 8.90. The number of nitrogens with one attached hydrogen (secondary N) is 2. The van der Waals surface area contributed by atoms with Crippen molar-refractivity contribution in [2.24, 2.45) is 0 Å². The molecule has 1 aromatic heterocycles. The molecule has 0 fully saturated rings. The molecule has 0 saturated heterocycles. The van der Waals surface area contributed by atoms with Gasteiger partial charge in [0.05, 0.1) is 5.52 Å². The van der Waals surface area contributed by atoms with Crippen LogP contribution in [0.25, 0.3) is 10.9 Å². The number of aromatic nitrogens is 2. The Kier molecular flexibility index (Phi) is 6.11. The summed E-state index contributed by atoms with van der Waals surface area (Å²) in [6.45, 7) is 5.23. The molecule has 114 valence electrons. The average molecular weight is 304 g/mol. The maximum atomic E-state index is 4.65. The Labute approximate surface area is 131 Å². The van der Waals surface area contributed by atoms with E-state index >= 15 is 0 Å². The van der Waals surface area contributed by atoms with Crippen LogP contribution in [-0.4, -0.2) is 34.6 Å². The maximum absolute atomic E-state index is 4.65. The number of para-hydroxylation sites is 1. The molecular weight excluding hydrogens is 280 g/mol. The van der Waals surface area contributed by atoms with Gasteiger partial charge < -0.3 is 10.6 Å². The van der Waals surface area contributed by atoms with E-state index in [0.29, 0.717) is 12.0 Å². The van der Waals surface area contributed by atoms with Crippen LogP contribution in [0, 0.1) is 0 Å². The highest BCUT2D eigenvalue weighted by molar-refractivity contribution is 7.98. The average Bonchev–Trinajstić information content (AvgIpc) is 2.51. The number of rotatable bonds is 8. The van der Waals surface area contributed by atoms with Crippen molar-refractivity contribution in [2.75, 3.05) is 29.2 Å². The van der Waals surface area contributed by atoms with Crippen LogP contribution in [-0.2, 0) is 0 Å². The first-order valence-electron chi connectivity index (χ1n) is 7.50. The van der Waals surface area contributed by atoms with E-state index in [1.165, 1.54) is 0 Å². The molecule has 5 heteroatoms. The summed E-state index contributed by atoms with van der Waals surface area (Å²) >= 11 is 1.87. The van der Waals surface area contributed by atoms with Gasteiger partial charge in [0, 0.05) is 18.0 Å². The van der Waals surface area contributed by atoms with Gasteiger partial charge in [-0.05, 0) is 43.9 Å². The van der Waals surface area contributed by atoms with Gasteiger partial charge in [-0.25, -0.2) is 4.98 Å². The van der Waals surface area contributed by atoms with E-state index in [1.54, 1.807) is 0 Å². The highest BCUT2D eigenvalue weighted by Gasteiger charge is 2.09. The fraction of sp³-hybridized carbons (Fsp3) is 0.500. The number of fused-ring (bicyclic) bond motifs is 1. The first kappa shape index (κ1) is 15.9. The predicted octanol–water partition coefficient (Wildman–Crippen LogP) is 4.01. The van der Waals surface area contributed by atoms with Gasteiger partial charge in [-0.3, -0.25) is 0 Å². The smallest absolute Gasteiger partial charge is 0.225 e. The van der Waals surface area contributed by atoms with Crippen molar-refractivity contribution in [3.8, 4) is 0 Å². The summed E-state index contributed by atoms with van der Waals surface area (Å²) in [4.78, 5) is 9.22. The molecule has 0 aliphatic rings. The molecule has 0 aliphatic heterocycles. The molecule has 21 heavy (non-hydrogen) atoms. The van der Waals surface area contributed by atoms with E-state index in [-0.39, 0.29) is 0 Å². The van der Waals surface area contributed by atoms with Crippen molar-refractivity contribution in [1.82, 2.24) is 9.97 Å². The predicted molar refractivity (Wildman–Crippen MR) is 94.4 cm³/mol. The summed E-state index contributed by atoms with van der Waals surface area (Å²) < 4.78 is 0. The van der Waals surface area contributed by atoms with Gasteiger partial charge in [-0.1, -0.05) is 19.1 Å². The molecular formula is C16H24N4S. The monoisotopic (exact) mass is 304 g/mol. The van der Waals surface area contributed by atoms with Gasteiger partial charge in [0.25, 0.3) is 0 Å². The first-order chi connectivity index (χ1) is 10.2. The third kappa shape index (κ3) is 4.49. The molecule has 2 rings (SSSR count). The Hall–Kier alpha value is -1.49. The third-order valence-corrected chi connectivity index (χ3v) is 3.92. The molecule has 0 radical (unpaired) electrons. The third-order valence-electron chi connectivity index (χ3n) is 3.27. The Bertz CT molecular complexity index is 573. The van der Waals surface area contributed by atoms with Gasteiger partial charge in [0.2, 0.25) is 5.95 Å². The van der Waals surface area contributed by atoms with Crippen molar-refractivity contribution in [3.63, 3.8) is 0 Å². The lowest BCUT2D eigenvalue weighted by atomic mass is 10.2. The Morgan fingerprint density at radius 1 is 1.24 bits per heavy atom. The number of hydrogen-bond donors (Lipinski definition) is 2. The molecule has 1 atom stereocenters. The van der Waals surface area contributed by atoms with Crippen LogP contribution < -0.4 is 10.6 Å². The molecule has 0 saturated carbocycles. The summed E-state index contributed by atoms with van der Waals surface area (Å²) in [5.74, 6) is 2.78. The van der Waals surface area contributed by atoms with Crippen molar-refractivity contribution < 1.29 is 0 Å². The summed E-state index contributed by atoms with van der Waals surface area (Å²) in [7, 11) is 0. The highest BCUT2D eigenvalue weighted by atomic mass is 32.2. The standard InChI is InChI=1S/C16H24N4S/c1-4-10-17-16-19-14-8-6-5-7-13(14)15(20-16)18-12(2)9-11-21-3/h5-8,12H,4,9-11H2,1-3H3,(H2,17,18,19,20). The quantitative estimate of drug-likeness (QED) is 0.772. The lowest BCUT2D eigenvalue weighted by molar-refractivity contribution is 0.768. The van der Waals surface area contributed by atoms with E-state index in [2.05, 4.69) is 46.8 Å². The summed E-state index contributed by atoms with van der Waals surface area (Å²) in [6.07, 6.45) is 4.32. The van der Waals surface area contributed by atoms with Gasteiger partial charge in [-0.15, -0.1) is 0 Å². The number of anilines is 2. The summed E-state index contributed by atoms with van der Waals surface area (Å²) in [5.41, 5.74) is 0.977. The number of benzene rings is 1. The van der Waals surface area contributed by atoms with Crippen LogP contribution >= 0.6 is 11.8 Å². The van der Waals surface area contributed by atoms with Gasteiger partial charge in [0.1, 0.15) is 5.82 Å². The van der Waals surface area contributed by atoms with Crippen LogP contribution in [0.15, 0.2) is 24.3 Å². The normalized spacial score (nSPS) is 12.3. The van der Waals surface area contributed by atoms with Crippen LogP contribution in [0.5, 0.6) is 0 Å². The van der Waals surface area contributed by atoms with E-state index < -0.39 is 0 Å². The maximum Gasteiger partial charge on any atom is 0.225 e. The second-order valence-electron chi connectivity index (χ2n) is 5.17. The lowest BCUT2D eigenvalue weighted by Crippen LogP contribution is -2.18. The van der Waals surface area contributed by atoms with Crippen molar-refractivity contribution in [3.05, 3.63) is 24.3 Å². The van der Waals surface area contributed by atoms with Crippen molar-refractivity contribution in [2.45, 2.75) is 32.7 Å². The molecule has 4 nitrogen and oxygen atoms in total. The fourth-order valence-corrected chi connectivity index (χ4v) is 2.69. The molecule has 0 bridgehead atoms. The SMILES string of the molecule is CCCNc1nc(NC(C)CCSC)c2ccccc2n1. The Morgan fingerprint density at radius 2 is 2.05 bits per heavy atom. The zero-order valence-corrected chi connectivity index (χ0v) is 13.8. The molecule has 1 unspecified atom stereocenters. The number of hydrogen-bond acceptors (Lipinski definition) is 5. The largest absolute Gasteiger partial charge is 0.367 e. The minimum absolute atomic E-state index is 0.398. The second-order valence-corrected chi connectivity index (χ2v) is 6.15. The summed E-state index contributed by atoms with van der Waals surface area (Å²) in [6, 6.07) is 8.55. The van der Waals surface area contributed by atoms with Crippen LogP contribution in [0.4, 0.5) is 11.8 Å². The minimum Gasteiger partial charge on any atom is -0.367 e. The minimum atomic E-state index is 0.398. The second kappa shape index (κ2) is 8.08. The topological polar surface area (TPSA) is 49.8 Å². The molecule has 1 heterocycles. The van der Waals surface area contributed by atoms with Crippen molar-refractivity contribution >= 4 is 34.4 Å². The Morgan fingerprint density at radius 3 is 2.81 bits per heavy atom. The Balaban J connectivity index is 2.26. The van der Waals surface area contributed by atoms with Crippen LogP contribution in [0.2, 0.25) is 0 Å². The van der Waals surface area contributed by atoms with E-state index in [0.717, 1.165) is 41.9 Å². The van der Waals surface area contributed by atoms with Gasteiger partial charge >= 0.3 is 0 Å². The molecule has 0 amide bonds. The molecule has 1 aromatic carbocycles. The van der Waals surface area contributed by atoms with E-state index in [4.69, 9.17) is 0 Å².